The number of nitrogens with one attached hydrogen (secondary N) is 1. The fourth-order valence-electron chi connectivity index (χ4n) is 2.76. The zero-order valence-corrected chi connectivity index (χ0v) is 12.7. The molecule has 1 aromatic heterocycles. The van der Waals surface area contributed by atoms with Crippen LogP contribution >= 0.6 is 0 Å². The van der Waals surface area contributed by atoms with E-state index in [2.05, 4.69) is 12.2 Å². The first kappa shape index (κ1) is 15.5. The number of piperazine rings is 1. The van der Waals surface area contributed by atoms with Crippen LogP contribution in [0.25, 0.3) is 0 Å². The monoisotopic (exact) mass is 294 g/mol. The van der Waals surface area contributed by atoms with E-state index in [9.17, 15) is 14.9 Å². The van der Waals surface area contributed by atoms with Crippen molar-refractivity contribution in [1.82, 2.24) is 14.8 Å². The van der Waals surface area contributed by atoms with Crippen molar-refractivity contribution in [2.45, 2.75) is 38.8 Å². The summed E-state index contributed by atoms with van der Waals surface area (Å²) < 4.78 is 1.54. The van der Waals surface area contributed by atoms with Gasteiger partial charge >= 0.3 is 0 Å². The number of nitrogens with zero attached hydrogens (tertiary/aromatic N) is 3. The first-order chi connectivity index (χ1) is 9.97. The number of rotatable bonds is 4. The van der Waals surface area contributed by atoms with E-state index in [1.54, 1.807) is 7.05 Å². The molecule has 0 aromatic carbocycles. The normalized spacial score (nSPS) is 22.3. The second-order valence-corrected chi connectivity index (χ2v) is 5.48. The second kappa shape index (κ2) is 6.26. The van der Waals surface area contributed by atoms with Crippen LogP contribution in [0.2, 0.25) is 0 Å². The van der Waals surface area contributed by atoms with Crippen LogP contribution in [-0.2, 0) is 7.05 Å². The van der Waals surface area contributed by atoms with Crippen LogP contribution in [0, 0.1) is 10.1 Å². The summed E-state index contributed by atoms with van der Waals surface area (Å²) in [4.78, 5) is 25.0. The van der Waals surface area contributed by atoms with Crippen molar-refractivity contribution in [1.29, 1.82) is 0 Å². The molecule has 0 saturated carbocycles. The van der Waals surface area contributed by atoms with Gasteiger partial charge in [-0.05, 0) is 12.8 Å². The fraction of sp³-hybridized carbons (Fsp3) is 0.643. The Hall–Kier alpha value is -1.89. The van der Waals surface area contributed by atoms with Crippen LogP contribution in [0.1, 0.15) is 37.2 Å². The number of hydrogen-bond donors (Lipinski definition) is 1. The minimum Gasteiger partial charge on any atom is -0.340 e. The lowest BCUT2D eigenvalue weighted by atomic mass is 10.0. The fourth-order valence-corrected chi connectivity index (χ4v) is 2.76. The van der Waals surface area contributed by atoms with Crippen molar-refractivity contribution < 1.29 is 9.72 Å². The van der Waals surface area contributed by atoms with Gasteiger partial charge in [-0.2, -0.15) is 0 Å². The molecule has 0 bridgehead atoms. The van der Waals surface area contributed by atoms with Gasteiger partial charge in [0, 0.05) is 38.3 Å². The zero-order valence-electron chi connectivity index (χ0n) is 12.7. The summed E-state index contributed by atoms with van der Waals surface area (Å²) in [6.45, 7) is 5.55. The summed E-state index contributed by atoms with van der Waals surface area (Å²) in [6, 6.07) is 1.78. The molecule has 0 radical (unpaired) electrons. The lowest BCUT2D eigenvalue weighted by Crippen LogP contribution is -2.58. The van der Waals surface area contributed by atoms with Gasteiger partial charge < -0.3 is 14.8 Å². The summed E-state index contributed by atoms with van der Waals surface area (Å²) in [7, 11) is 1.67. The predicted octanol–water partition coefficient (Wildman–Crippen LogP) is 1.54. The number of nitro groups is 1. The summed E-state index contributed by atoms with van der Waals surface area (Å²) in [6.07, 6.45) is 3.20. The van der Waals surface area contributed by atoms with E-state index in [0.29, 0.717) is 12.2 Å². The van der Waals surface area contributed by atoms with Gasteiger partial charge in [0.05, 0.1) is 11.1 Å². The van der Waals surface area contributed by atoms with Gasteiger partial charge in [0.2, 0.25) is 0 Å². The maximum absolute atomic E-state index is 12.7. The first-order valence-electron chi connectivity index (χ1n) is 7.33. The average molecular weight is 294 g/mol. The first-order valence-corrected chi connectivity index (χ1v) is 7.33. The van der Waals surface area contributed by atoms with Crippen molar-refractivity contribution >= 4 is 11.6 Å². The third kappa shape index (κ3) is 3.07. The smallest absolute Gasteiger partial charge is 0.287 e. The van der Waals surface area contributed by atoms with E-state index in [4.69, 9.17) is 0 Å². The number of aromatic nitrogens is 1. The molecule has 2 rings (SSSR count). The molecule has 116 valence electrons. The van der Waals surface area contributed by atoms with Crippen LogP contribution in [-0.4, -0.2) is 45.5 Å². The molecular weight excluding hydrogens is 272 g/mol. The van der Waals surface area contributed by atoms with Crippen LogP contribution in [0.5, 0.6) is 0 Å². The molecule has 7 nitrogen and oxygen atoms in total. The SMILES string of the molecule is CCC1CN(C(=O)c2cc([N+](=O)[O-])cn2C)C(CC)CN1. The molecule has 1 aliphatic rings. The van der Waals surface area contributed by atoms with E-state index >= 15 is 0 Å². The van der Waals surface area contributed by atoms with Crippen LogP contribution in [0.4, 0.5) is 5.69 Å². The highest BCUT2D eigenvalue weighted by Crippen LogP contribution is 2.20. The van der Waals surface area contributed by atoms with E-state index in [1.165, 1.54) is 16.8 Å². The lowest BCUT2D eigenvalue weighted by molar-refractivity contribution is -0.384. The van der Waals surface area contributed by atoms with Crippen LogP contribution < -0.4 is 5.32 Å². The topological polar surface area (TPSA) is 80.4 Å². The lowest BCUT2D eigenvalue weighted by Gasteiger charge is -2.40. The van der Waals surface area contributed by atoms with Gasteiger partial charge in [-0.15, -0.1) is 0 Å². The van der Waals surface area contributed by atoms with Gasteiger partial charge in [-0.3, -0.25) is 14.9 Å². The number of hydrogen-bond acceptors (Lipinski definition) is 4. The van der Waals surface area contributed by atoms with E-state index in [1.807, 2.05) is 11.8 Å². The number of carbonyl (C=O) groups excluding carboxylic acids is 1. The summed E-state index contributed by atoms with van der Waals surface area (Å²) >= 11 is 0. The van der Waals surface area contributed by atoms with E-state index < -0.39 is 4.92 Å². The zero-order chi connectivity index (χ0) is 15.6. The molecule has 1 amide bonds. The Morgan fingerprint density at radius 2 is 2.19 bits per heavy atom. The summed E-state index contributed by atoms with van der Waals surface area (Å²) in [5, 5.41) is 14.3. The molecule has 2 unspecified atom stereocenters. The molecule has 21 heavy (non-hydrogen) atoms. The van der Waals surface area contributed by atoms with Crippen molar-refractivity contribution in [2.75, 3.05) is 13.1 Å². The predicted molar refractivity (Wildman–Crippen MR) is 79.3 cm³/mol. The van der Waals surface area contributed by atoms with E-state index in [0.717, 1.165) is 19.4 Å². The maximum Gasteiger partial charge on any atom is 0.287 e. The molecule has 7 heteroatoms. The minimum absolute atomic E-state index is 0.0453. The number of amides is 1. The Bertz CT molecular complexity index is 540. The summed E-state index contributed by atoms with van der Waals surface area (Å²) in [5.74, 6) is -0.127. The highest BCUT2D eigenvalue weighted by molar-refractivity contribution is 5.94. The minimum atomic E-state index is -0.472. The third-order valence-electron chi connectivity index (χ3n) is 4.15. The van der Waals surface area contributed by atoms with Gasteiger partial charge in [0.15, 0.2) is 0 Å². The summed E-state index contributed by atoms with van der Waals surface area (Å²) in [5.41, 5.74) is 0.327. The number of carbonyl (C=O) groups is 1. The maximum atomic E-state index is 12.7. The molecule has 1 fully saturated rings. The highest BCUT2D eigenvalue weighted by Gasteiger charge is 2.32. The average Bonchev–Trinajstić information content (AvgIpc) is 2.88. The molecule has 1 aromatic rings. The molecule has 2 atom stereocenters. The van der Waals surface area contributed by atoms with Gasteiger partial charge in [0.25, 0.3) is 11.6 Å². The highest BCUT2D eigenvalue weighted by atomic mass is 16.6. The largest absolute Gasteiger partial charge is 0.340 e. The second-order valence-electron chi connectivity index (χ2n) is 5.48. The van der Waals surface area contributed by atoms with Crippen LogP contribution in [0.15, 0.2) is 12.3 Å². The Balaban J connectivity index is 2.26. The number of aryl methyl sites for hydroxylation is 1. The standard InChI is InChI=1S/C14H22N4O3/c1-4-10-8-17(11(5-2)7-15-10)14(19)13-6-12(18(20)21)9-16(13)3/h6,9-11,15H,4-5,7-8H2,1-3H3. The van der Waals surface area contributed by atoms with Gasteiger partial charge in [-0.1, -0.05) is 13.8 Å². The van der Waals surface area contributed by atoms with Crippen molar-refractivity contribution in [2.24, 2.45) is 7.05 Å². The Morgan fingerprint density at radius 1 is 1.48 bits per heavy atom. The molecule has 1 aliphatic heterocycles. The quantitative estimate of drug-likeness (QED) is 0.674. The Labute approximate surface area is 124 Å². The molecule has 1 saturated heterocycles. The van der Waals surface area contributed by atoms with Crippen LogP contribution in [0.3, 0.4) is 0 Å². The van der Waals surface area contributed by atoms with Crippen molar-refractivity contribution in [3.8, 4) is 0 Å². The molecule has 1 N–H and O–H groups in total. The van der Waals surface area contributed by atoms with Gasteiger partial charge in [-0.25, -0.2) is 0 Å². The molecular formula is C14H22N4O3. The van der Waals surface area contributed by atoms with Crippen molar-refractivity contribution in [3.05, 3.63) is 28.1 Å². The Kier molecular flexibility index (Phi) is 4.62. The third-order valence-corrected chi connectivity index (χ3v) is 4.15. The van der Waals surface area contributed by atoms with Gasteiger partial charge in [0.1, 0.15) is 5.69 Å². The molecule has 0 spiro atoms. The van der Waals surface area contributed by atoms with E-state index in [-0.39, 0.29) is 23.7 Å². The van der Waals surface area contributed by atoms with Crippen molar-refractivity contribution in [3.63, 3.8) is 0 Å². The molecule has 0 aliphatic carbocycles. The Morgan fingerprint density at radius 3 is 2.71 bits per heavy atom. The molecule has 2 heterocycles.